The highest BCUT2D eigenvalue weighted by atomic mass is 79.9. The van der Waals surface area contributed by atoms with Crippen molar-refractivity contribution < 1.29 is 9.18 Å². The van der Waals surface area contributed by atoms with E-state index in [9.17, 15) is 9.18 Å². The predicted molar refractivity (Wildman–Crippen MR) is 76.5 cm³/mol. The lowest BCUT2D eigenvalue weighted by Gasteiger charge is -2.34. The van der Waals surface area contributed by atoms with Crippen LogP contribution in [0.1, 0.15) is 23.7 Å². The Bertz CT molecular complexity index is 466. The molecule has 1 aliphatic rings. The maximum absolute atomic E-state index is 13.4. The van der Waals surface area contributed by atoms with E-state index in [2.05, 4.69) is 38.8 Å². The van der Waals surface area contributed by atoms with Gasteiger partial charge >= 0.3 is 0 Å². The summed E-state index contributed by atoms with van der Waals surface area (Å²) in [6.07, 6.45) is 0.930. The third-order valence-electron chi connectivity index (χ3n) is 3.27. The van der Waals surface area contributed by atoms with Gasteiger partial charge in [-0.2, -0.15) is 0 Å². The van der Waals surface area contributed by atoms with Crippen LogP contribution in [0.25, 0.3) is 0 Å². The molecule has 2 unspecified atom stereocenters. The Labute approximate surface area is 123 Å². The number of amides is 1. The summed E-state index contributed by atoms with van der Waals surface area (Å²) < 4.78 is 13.7. The number of hydrogen-bond acceptors (Lipinski definition) is 1. The van der Waals surface area contributed by atoms with Crippen LogP contribution in [0.15, 0.2) is 22.7 Å². The number of piperidine rings is 1. The van der Waals surface area contributed by atoms with Crippen molar-refractivity contribution in [3.63, 3.8) is 0 Å². The molecule has 1 aromatic rings. The second-order valence-electron chi connectivity index (χ2n) is 4.63. The number of carbonyl (C=O) groups is 1. The van der Waals surface area contributed by atoms with Crippen molar-refractivity contribution in [1.29, 1.82) is 0 Å². The highest BCUT2D eigenvalue weighted by molar-refractivity contribution is 9.10. The SMILES string of the molecule is CC1CN(C(=O)c2cccc(F)c2Br)CCC1Br. The smallest absolute Gasteiger partial charge is 0.255 e. The van der Waals surface area contributed by atoms with Crippen LogP contribution in [-0.2, 0) is 0 Å². The molecular weight excluding hydrogens is 365 g/mol. The van der Waals surface area contributed by atoms with Gasteiger partial charge in [0.05, 0.1) is 10.0 Å². The maximum atomic E-state index is 13.4. The average Bonchev–Trinajstić information content (AvgIpc) is 2.35. The van der Waals surface area contributed by atoms with Gasteiger partial charge in [0.1, 0.15) is 5.82 Å². The van der Waals surface area contributed by atoms with Crippen LogP contribution in [0.3, 0.4) is 0 Å². The van der Waals surface area contributed by atoms with Crippen molar-refractivity contribution >= 4 is 37.8 Å². The molecule has 1 amide bonds. The van der Waals surface area contributed by atoms with Gasteiger partial charge in [0, 0.05) is 17.9 Å². The Kier molecular flexibility index (Phi) is 4.43. The van der Waals surface area contributed by atoms with Crippen molar-refractivity contribution in [2.75, 3.05) is 13.1 Å². The van der Waals surface area contributed by atoms with E-state index in [-0.39, 0.29) is 10.4 Å². The minimum atomic E-state index is -0.399. The highest BCUT2D eigenvalue weighted by Crippen LogP contribution is 2.27. The van der Waals surface area contributed by atoms with Crippen molar-refractivity contribution in [1.82, 2.24) is 4.90 Å². The van der Waals surface area contributed by atoms with Gasteiger partial charge in [0.15, 0.2) is 0 Å². The summed E-state index contributed by atoms with van der Waals surface area (Å²) in [5.41, 5.74) is 0.398. The van der Waals surface area contributed by atoms with Crippen LogP contribution >= 0.6 is 31.9 Å². The third kappa shape index (κ3) is 2.77. The predicted octanol–water partition coefficient (Wildman–Crippen LogP) is 3.83. The zero-order valence-corrected chi connectivity index (χ0v) is 13.2. The van der Waals surface area contributed by atoms with E-state index in [1.807, 2.05) is 0 Å². The quantitative estimate of drug-likeness (QED) is 0.680. The Morgan fingerprint density at radius 3 is 2.89 bits per heavy atom. The van der Waals surface area contributed by atoms with Gasteiger partial charge in [-0.15, -0.1) is 0 Å². The Hall–Kier alpha value is -0.420. The molecule has 1 aliphatic heterocycles. The maximum Gasteiger partial charge on any atom is 0.255 e. The summed E-state index contributed by atoms with van der Waals surface area (Å²) in [5, 5.41) is 0. The normalized spacial score (nSPS) is 24.1. The molecule has 0 aliphatic carbocycles. The van der Waals surface area contributed by atoms with E-state index in [4.69, 9.17) is 0 Å². The molecule has 0 saturated carbocycles. The topological polar surface area (TPSA) is 20.3 Å². The molecule has 1 fully saturated rings. The minimum Gasteiger partial charge on any atom is -0.338 e. The monoisotopic (exact) mass is 377 g/mol. The molecular formula is C13H14Br2FNO. The van der Waals surface area contributed by atoms with Crippen molar-refractivity contribution in [2.24, 2.45) is 5.92 Å². The van der Waals surface area contributed by atoms with Gasteiger partial charge in [-0.1, -0.05) is 28.9 Å². The van der Waals surface area contributed by atoms with E-state index in [1.165, 1.54) is 6.07 Å². The lowest BCUT2D eigenvalue weighted by Crippen LogP contribution is -2.43. The van der Waals surface area contributed by atoms with Crippen LogP contribution in [0, 0.1) is 11.7 Å². The van der Waals surface area contributed by atoms with E-state index >= 15 is 0 Å². The van der Waals surface area contributed by atoms with E-state index in [1.54, 1.807) is 17.0 Å². The lowest BCUT2D eigenvalue weighted by molar-refractivity contribution is 0.0689. The van der Waals surface area contributed by atoms with Crippen molar-refractivity contribution in [3.05, 3.63) is 34.1 Å². The van der Waals surface area contributed by atoms with Crippen molar-refractivity contribution in [3.8, 4) is 0 Å². The lowest BCUT2D eigenvalue weighted by atomic mass is 9.99. The molecule has 2 atom stereocenters. The first-order chi connectivity index (χ1) is 8.50. The van der Waals surface area contributed by atoms with Crippen LogP contribution in [0.2, 0.25) is 0 Å². The number of halogens is 3. The molecule has 0 spiro atoms. The number of hydrogen-bond donors (Lipinski definition) is 0. The minimum absolute atomic E-state index is 0.104. The van der Waals surface area contributed by atoms with Gasteiger partial charge in [-0.3, -0.25) is 4.79 Å². The van der Waals surface area contributed by atoms with E-state index < -0.39 is 5.82 Å². The second kappa shape index (κ2) is 5.70. The standard InChI is InChI=1S/C13H14Br2FNO/c1-8-7-17(6-5-10(8)14)13(18)9-3-2-4-11(16)12(9)15/h2-4,8,10H,5-7H2,1H3. The summed E-state index contributed by atoms with van der Waals surface area (Å²) in [4.78, 5) is 14.6. The summed E-state index contributed by atoms with van der Waals surface area (Å²) in [5.74, 6) is -0.0908. The van der Waals surface area contributed by atoms with Crippen LogP contribution in [0.4, 0.5) is 4.39 Å². The van der Waals surface area contributed by atoms with E-state index in [0.29, 0.717) is 29.4 Å². The molecule has 18 heavy (non-hydrogen) atoms. The fourth-order valence-corrected chi connectivity index (χ4v) is 2.95. The average molecular weight is 379 g/mol. The Morgan fingerprint density at radius 1 is 1.50 bits per heavy atom. The Morgan fingerprint density at radius 2 is 2.22 bits per heavy atom. The zero-order chi connectivity index (χ0) is 13.3. The van der Waals surface area contributed by atoms with Crippen molar-refractivity contribution in [2.45, 2.75) is 18.2 Å². The first kappa shape index (κ1) is 14.0. The fourth-order valence-electron chi connectivity index (χ4n) is 2.14. The molecule has 1 saturated heterocycles. The summed E-state index contributed by atoms with van der Waals surface area (Å²) >= 11 is 6.75. The molecule has 0 aromatic heterocycles. The van der Waals surface area contributed by atoms with Crippen LogP contribution < -0.4 is 0 Å². The second-order valence-corrected chi connectivity index (χ2v) is 6.60. The molecule has 1 heterocycles. The van der Waals surface area contributed by atoms with Gasteiger partial charge < -0.3 is 4.90 Å². The van der Waals surface area contributed by atoms with Gasteiger partial charge in [0.2, 0.25) is 0 Å². The molecule has 2 rings (SSSR count). The number of carbonyl (C=O) groups excluding carboxylic acids is 1. The van der Waals surface area contributed by atoms with E-state index in [0.717, 1.165) is 6.42 Å². The van der Waals surface area contributed by atoms with Gasteiger partial charge in [-0.25, -0.2) is 4.39 Å². The van der Waals surface area contributed by atoms with Gasteiger partial charge in [-0.05, 0) is 40.4 Å². The molecule has 2 nitrogen and oxygen atoms in total. The van der Waals surface area contributed by atoms with Gasteiger partial charge in [0.25, 0.3) is 5.91 Å². The summed E-state index contributed by atoms with van der Waals surface area (Å²) in [6, 6.07) is 4.56. The first-order valence-electron chi connectivity index (χ1n) is 5.88. The fraction of sp³-hybridized carbons (Fsp3) is 0.462. The number of rotatable bonds is 1. The molecule has 1 aromatic carbocycles. The van der Waals surface area contributed by atoms with Crippen LogP contribution in [-0.4, -0.2) is 28.7 Å². The molecule has 98 valence electrons. The first-order valence-corrected chi connectivity index (χ1v) is 7.59. The highest BCUT2D eigenvalue weighted by Gasteiger charge is 2.28. The number of nitrogens with zero attached hydrogens (tertiary/aromatic N) is 1. The molecule has 0 N–H and O–H groups in total. The zero-order valence-electron chi connectivity index (χ0n) is 10.00. The summed E-state index contributed by atoms with van der Waals surface area (Å²) in [6.45, 7) is 3.53. The molecule has 0 bridgehead atoms. The Balaban J connectivity index is 2.19. The molecule has 0 radical (unpaired) electrons. The van der Waals surface area contributed by atoms with Crippen LogP contribution in [0.5, 0.6) is 0 Å². The number of likely N-dealkylation sites (tertiary alicyclic amines) is 1. The number of alkyl halides is 1. The third-order valence-corrected chi connectivity index (χ3v) is 5.44. The largest absolute Gasteiger partial charge is 0.338 e. The number of benzene rings is 1. The molecule has 5 heteroatoms. The summed E-state index contributed by atoms with van der Waals surface area (Å²) in [7, 11) is 0.